The van der Waals surface area contributed by atoms with Gasteiger partial charge in [-0.15, -0.1) is 0 Å². The molecule has 152 valence electrons. The molecule has 1 N–H and O–H groups in total. The van der Waals surface area contributed by atoms with E-state index >= 15 is 0 Å². The highest BCUT2D eigenvalue weighted by Crippen LogP contribution is 2.38. The van der Waals surface area contributed by atoms with E-state index in [2.05, 4.69) is 72.6 Å². The Morgan fingerprint density at radius 3 is 2.21 bits per heavy atom. The lowest BCUT2D eigenvalue weighted by Crippen LogP contribution is -2.18. The van der Waals surface area contributed by atoms with Gasteiger partial charge in [0.1, 0.15) is 0 Å². The second kappa shape index (κ2) is 10.8. The molecule has 1 saturated carbocycles. The average molecular weight is 390 g/mol. The molecule has 1 aliphatic carbocycles. The Morgan fingerprint density at radius 1 is 1.00 bits per heavy atom. The summed E-state index contributed by atoms with van der Waals surface area (Å²) in [6.07, 6.45) is 4.55. The predicted octanol–water partition coefficient (Wildman–Crippen LogP) is 4.72. The molecule has 0 radical (unpaired) electrons. The summed E-state index contributed by atoms with van der Waals surface area (Å²) in [6, 6.07) is 16.9. The van der Waals surface area contributed by atoms with Gasteiger partial charge in [0.15, 0.2) is 0 Å². The first kappa shape index (κ1) is 21.1. The molecule has 3 heteroatoms. The van der Waals surface area contributed by atoms with Gasteiger partial charge in [-0.1, -0.05) is 49.5 Å². The number of esters is 1. The Morgan fingerprint density at radius 2 is 1.62 bits per heavy atom. The van der Waals surface area contributed by atoms with Gasteiger partial charge in [-0.05, 0) is 74.0 Å². The van der Waals surface area contributed by atoms with Crippen LogP contribution in [0, 0.1) is 23.7 Å². The predicted molar refractivity (Wildman–Crippen MR) is 117 cm³/mol. The number of nitrogens with one attached hydrogen (secondary N) is 1. The van der Waals surface area contributed by atoms with E-state index in [1.165, 1.54) is 24.0 Å². The summed E-state index contributed by atoms with van der Waals surface area (Å²) >= 11 is 0. The number of ether oxygens (including phenoxy) is 1. The number of rotatable bonds is 9. The third kappa shape index (κ3) is 6.76. The second-order valence-electron chi connectivity index (χ2n) is 7.73. The lowest BCUT2D eigenvalue weighted by atomic mass is 10.1. The summed E-state index contributed by atoms with van der Waals surface area (Å²) in [5.41, 5.74) is 4.68. The summed E-state index contributed by atoms with van der Waals surface area (Å²) in [7, 11) is 0. The van der Waals surface area contributed by atoms with Gasteiger partial charge in [0.2, 0.25) is 0 Å². The molecular weight excluding hydrogens is 358 g/mol. The van der Waals surface area contributed by atoms with Crippen LogP contribution in [0.4, 0.5) is 0 Å². The number of unbranched alkanes of at least 4 members (excludes halogenated alkanes) is 1. The largest absolute Gasteiger partial charge is 0.466 e. The summed E-state index contributed by atoms with van der Waals surface area (Å²) in [5.74, 6) is 6.97. The summed E-state index contributed by atoms with van der Waals surface area (Å²) < 4.78 is 5.07. The maximum Gasteiger partial charge on any atom is 0.309 e. The normalized spacial score (nSPS) is 17.3. The SMILES string of the molecule is CCCCc1ccc(C#Cc2ccc(CNCC3CC3C(=O)OCC)cc2)cc1. The van der Waals surface area contributed by atoms with Gasteiger partial charge in [0, 0.05) is 17.7 Å². The van der Waals surface area contributed by atoms with Crippen LogP contribution in [0.2, 0.25) is 0 Å². The Balaban J connectivity index is 1.43. The molecule has 2 aromatic rings. The zero-order valence-corrected chi connectivity index (χ0v) is 17.5. The lowest BCUT2D eigenvalue weighted by Gasteiger charge is -2.05. The first-order chi connectivity index (χ1) is 14.2. The monoisotopic (exact) mass is 389 g/mol. The van der Waals surface area contributed by atoms with Gasteiger partial charge in [0.05, 0.1) is 12.5 Å². The maximum absolute atomic E-state index is 11.6. The van der Waals surface area contributed by atoms with Crippen molar-refractivity contribution >= 4 is 5.97 Å². The zero-order valence-electron chi connectivity index (χ0n) is 17.5. The fourth-order valence-corrected chi connectivity index (χ4v) is 3.40. The van der Waals surface area contributed by atoms with Crippen LogP contribution in [-0.4, -0.2) is 19.1 Å². The number of carbonyl (C=O) groups is 1. The minimum absolute atomic E-state index is 0.0437. The van der Waals surface area contributed by atoms with Crippen molar-refractivity contribution < 1.29 is 9.53 Å². The number of hydrogen-bond acceptors (Lipinski definition) is 3. The van der Waals surface area contributed by atoms with Crippen molar-refractivity contribution in [2.45, 2.75) is 46.1 Å². The van der Waals surface area contributed by atoms with Gasteiger partial charge in [-0.2, -0.15) is 0 Å². The topological polar surface area (TPSA) is 38.3 Å². The number of aryl methyl sites for hydroxylation is 1. The summed E-state index contributed by atoms with van der Waals surface area (Å²) in [5, 5.41) is 3.44. The van der Waals surface area contributed by atoms with Crippen molar-refractivity contribution in [3.63, 3.8) is 0 Å². The highest BCUT2D eigenvalue weighted by Gasteiger charge is 2.43. The van der Waals surface area contributed by atoms with Gasteiger partial charge in [-0.3, -0.25) is 4.79 Å². The van der Waals surface area contributed by atoms with E-state index in [1.54, 1.807) is 0 Å². The van der Waals surface area contributed by atoms with Crippen molar-refractivity contribution in [3.05, 3.63) is 70.8 Å². The molecule has 2 unspecified atom stereocenters. The Kier molecular flexibility index (Phi) is 7.90. The fraction of sp³-hybridized carbons (Fsp3) is 0.423. The van der Waals surface area contributed by atoms with E-state index in [0.717, 1.165) is 37.1 Å². The molecule has 1 aliphatic rings. The van der Waals surface area contributed by atoms with Crippen molar-refractivity contribution in [3.8, 4) is 11.8 Å². The average Bonchev–Trinajstić information content (AvgIpc) is 3.52. The van der Waals surface area contributed by atoms with E-state index < -0.39 is 0 Å². The van der Waals surface area contributed by atoms with Crippen molar-refractivity contribution in [1.29, 1.82) is 0 Å². The molecule has 3 rings (SSSR count). The molecule has 0 heterocycles. The maximum atomic E-state index is 11.6. The summed E-state index contributed by atoms with van der Waals surface area (Å²) in [4.78, 5) is 11.6. The molecule has 0 bridgehead atoms. The van der Waals surface area contributed by atoms with Gasteiger partial charge < -0.3 is 10.1 Å². The third-order valence-corrected chi connectivity index (χ3v) is 5.33. The minimum atomic E-state index is -0.0437. The minimum Gasteiger partial charge on any atom is -0.466 e. The smallest absolute Gasteiger partial charge is 0.309 e. The van der Waals surface area contributed by atoms with Crippen molar-refractivity contribution in [2.24, 2.45) is 11.8 Å². The van der Waals surface area contributed by atoms with Crippen LogP contribution in [0.1, 0.15) is 55.4 Å². The van der Waals surface area contributed by atoms with E-state index in [4.69, 9.17) is 4.74 Å². The Labute approximate surface area is 174 Å². The quantitative estimate of drug-likeness (QED) is 0.498. The standard InChI is InChI=1S/C26H31NO2/c1-3-5-6-20-7-9-21(10-8-20)11-12-22-13-15-23(16-14-22)18-27-19-24-17-25(24)26(28)29-4-2/h7-10,13-16,24-25,27H,3-6,17-19H2,1-2H3. The highest BCUT2D eigenvalue weighted by atomic mass is 16.5. The van der Waals surface area contributed by atoms with E-state index in [1.807, 2.05) is 6.92 Å². The van der Waals surface area contributed by atoms with Crippen LogP contribution in [0.3, 0.4) is 0 Å². The first-order valence-corrected chi connectivity index (χ1v) is 10.8. The van der Waals surface area contributed by atoms with E-state index in [0.29, 0.717) is 12.5 Å². The number of hydrogen-bond donors (Lipinski definition) is 1. The van der Waals surface area contributed by atoms with Crippen LogP contribution in [0.5, 0.6) is 0 Å². The van der Waals surface area contributed by atoms with Crippen LogP contribution in [0.25, 0.3) is 0 Å². The van der Waals surface area contributed by atoms with Gasteiger partial charge in [-0.25, -0.2) is 0 Å². The molecule has 3 nitrogen and oxygen atoms in total. The molecule has 0 spiro atoms. The zero-order chi connectivity index (χ0) is 20.5. The van der Waals surface area contributed by atoms with Gasteiger partial charge in [0.25, 0.3) is 0 Å². The molecule has 0 amide bonds. The van der Waals surface area contributed by atoms with Crippen molar-refractivity contribution in [2.75, 3.05) is 13.2 Å². The fourth-order valence-electron chi connectivity index (χ4n) is 3.40. The summed E-state index contributed by atoms with van der Waals surface area (Å²) in [6.45, 7) is 6.20. The van der Waals surface area contributed by atoms with Gasteiger partial charge >= 0.3 is 5.97 Å². The molecule has 0 aliphatic heterocycles. The van der Waals surface area contributed by atoms with Crippen LogP contribution in [-0.2, 0) is 22.5 Å². The molecule has 2 aromatic carbocycles. The van der Waals surface area contributed by atoms with Crippen molar-refractivity contribution in [1.82, 2.24) is 5.32 Å². The Bertz CT molecular complexity index is 843. The second-order valence-corrected chi connectivity index (χ2v) is 7.73. The number of carbonyl (C=O) groups excluding carboxylic acids is 1. The van der Waals surface area contributed by atoms with Crippen LogP contribution < -0.4 is 5.32 Å². The molecule has 1 fully saturated rings. The Hall–Kier alpha value is -2.57. The molecule has 2 atom stereocenters. The first-order valence-electron chi connectivity index (χ1n) is 10.8. The van der Waals surface area contributed by atoms with E-state index in [9.17, 15) is 4.79 Å². The number of benzene rings is 2. The molecular formula is C26H31NO2. The van der Waals surface area contributed by atoms with E-state index in [-0.39, 0.29) is 11.9 Å². The molecule has 0 aromatic heterocycles. The van der Waals surface area contributed by atoms with Crippen LogP contribution >= 0.6 is 0 Å². The highest BCUT2D eigenvalue weighted by molar-refractivity contribution is 5.75. The lowest BCUT2D eigenvalue weighted by molar-refractivity contribution is -0.145. The third-order valence-electron chi connectivity index (χ3n) is 5.33. The molecule has 0 saturated heterocycles. The van der Waals surface area contributed by atoms with Crippen LogP contribution in [0.15, 0.2) is 48.5 Å². The molecule has 29 heavy (non-hydrogen) atoms.